The van der Waals surface area contributed by atoms with E-state index in [1.165, 1.54) is 24.6 Å². The van der Waals surface area contributed by atoms with Gasteiger partial charge in [0, 0.05) is 47.4 Å². The van der Waals surface area contributed by atoms with Crippen LogP contribution in [0.1, 0.15) is 23.5 Å². The van der Waals surface area contributed by atoms with Gasteiger partial charge in [-0.15, -0.1) is 11.3 Å². The van der Waals surface area contributed by atoms with Crippen LogP contribution >= 0.6 is 11.3 Å². The van der Waals surface area contributed by atoms with Gasteiger partial charge in [-0.2, -0.15) is 4.98 Å². The van der Waals surface area contributed by atoms with Crippen molar-refractivity contribution in [1.82, 2.24) is 15.3 Å². The summed E-state index contributed by atoms with van der Waals surface area (Å²) >= 11 is 1.36. The van der Waals surface area contributed by atoms with Crippen LogP contribution in [0, 0.1) is 5.82 Å². The van der Waals surface area contributed by atoms with Gasteiger partial charge in [-0.25, -0.2) is 9.37 Å². The Kier molecular flexibility index (Phi) is 7.06. The molecule has 9 nitrogen and oxygen atoms in total. The van der Waals surface area contributed by atoms with E-state index in [0.29, 0.717) is 27.9 Å². The molecule has 37 heavy (non-hydrogen) atoms. The van der Waals surface area contributed by atoms with Crippen molar-refractivity contribution in [3.63, 3.8) is 0 Å². The second kappa shape index (κ2) is 10.6. The van der Waals surface area contributed by atoms with Crippen molar-refractivity contribution in [3.8, 4) is 16.2 Å². The molecule has 1 fully saturated rings. The molecule has 0 saturated carbocycles. The number of ether oxygens (including phenoxy) is 1. The first kappa shape index (κ1) is 24.7. The van der Waals surface area contributed by atoms with E-state index >= 15 is 0 Å². The quantitative estimate of drug-likeness (QED) is 0.307. The molecule has 1 aliphatic heterocycles. The number of amides is 1. The Morgan fingerprint density at radius 3 is 2.76 bits per heavy atom. The summed E-state index contributed by atoms with van der Waals surface area (Å²) in [6, 6.07) is 11.1. The van der Waals surface area contributed by atoms with Crippen LogP contribution in [0.25, 0.3) is 10.4 Å². The summed E-state index contributed by atoms with van der Waals surface area (Å²) in [5.74, 6) is 0.121. The standard InChI is InChI=1S/C26H27FN6O3S/c1-15-12-33(13-16(2)29-15)26-28-11-19(27)24(32-26)30-18-4-5-20(21(10-18)35-3)31-25(34)23-7-6-22(37-23)17-8-9-36-14-17/h4-11,14-16,29H,12-13H2,1-3H3,(H,31,34)(H,28,30,32)/t15-,16+. The van der Waals surface area contributed by atoms with Crippen LogP contribution in [-0.2, 0) is 0 Å². The Morgan fingerprint density at radius 1 is 1.22 bits per heavy atom. The first-order chi connectivity index (χ1) is 17.9. The highest BCUT2D eigenvalue weighted by molar-refractivity contribution is 7.17. The maximum atomic E-state index is 14.6. The fourth-order valence-corrected chi connectivity index (χ4v) is 5.19. The molecule has 1 amide bonds. The van der Waals surface area contributed by atoms with Gasteiger partial charge < -0.3 is 30.0 Å². The van der Waals surface area contributed by atoms with Gasteiger partial charge in [0.25, 0.3) is 5.91 Å². The van der Waals surface area contributed by atoms with E-state index in [9.17, 15) is 9.18 Å². The summed E-state index contributed by atoms with van der Waals surface area (Å²) in [6.07, 6.45) is 4.40. The molecule has 0 aliphatic carbocycles. The number of carbonyl (C=O) groups is 1. The number of hydrogen-bond acceptors (Lipinski definition) is 9. The van der Waals surface area contributed by atoms with Crippen LogP contribution in [0.3, 0.4) is 0 Å². The van der Waals surface area contributed by atoms with Gasteiger partial charge >= 0.3 is 0 Å². The van der Waals surface area contributed by atoms with Crippen molar-refractivity contribution in [2.75, 3.05) is 35.7 Å². The van der Waals surface area contributed by atoms with Gasteiger partial charge in [-0.1, -0.05) is 0 Å². The summed E-state index contributed by atoms with van der Waals surface area (Å²) < 4.78 is 25.2. The average molecular weight is 523 g/mol. The lowest BCUT2D eigenvalue weighted by molar-refractivity contribution is 0.103. The summed E-state index contributed by atoms with van der Waals surface area (Å²) in [5, 5.41) is 9.35. The number of nitrogens with zero attached hydrogens (tertiary/aromatic N) is 3. The molecule has 5 rings (SSSR count). The van der Waals surface area contributed by atoms with Crippen LogP contribution in [-0.4, -0.2) is 48.2 Å². The van der Waals surface area contributed by atoms with Crippen LogP contribution in [0.4, 0.5) is 27.5 Å². The van der Waals surface area contributed by atoms with E-state index in [2.05, 4.69) is 39.8 Å². The molecule has 0 unspecified atom stereocenters. The minimum absolute atomic E-state index is 0.0630. The number of hydrogen-bond donors (Lipinski definition) is 3. The van der Waals surface area contributed by atoms with Crippen molar-refractivity contribution in [1.29, 1.82) is 0 Å². The molecular formula is C26H27FN6O3S. The normalized spacial score (nSPS) is 17.5. The number of rotatable bonds is 7. The second-order valence-electron chi connectivity index (χ2n) is 8.91. The number of aromatic nitrogens is 2. The Bertz CT molecular complexity index is 1380. The molecule has 1 aliphatic rings. The number of nitrogens with one attached hydrogen (secondary N) is 3. The zero-order chi connectivity index (χ0) is 25.9. The van der Waals surface area contributed by atoms with Crippen LogP contribution in [0.2, 0.25) is 0 Å². The van der Waals surface area contributed by atoms with Gasteiger partial charge in [0.1, 0.15) is 5.75 Å². The Balaban J connectivity index is 1.31. The van der Waals surface area contributed by atoms with Crippen molar-refractivity contribution < 1.29 is 18.3 Å². The molecule has 0 radical (unpaired) electrons. The van der Waals surface area contributed by atoms with E-state index in [1.54, 1.807) is 36.8 Å². The SMILES string of the molecule is COc1cc(Nc2nc(N3C[C@@H](C)N[C@@H](C)C3)ncc2F)ccc1NC(=O)c1ccc(-c2ccoc2)s1. The highest BCUT2D eigenvalue weighted by atomic mass is 32.1. The summed E-state index contributed by atoms with van der Waals surface area (Å²) in [4.78, 5) is 25.0. The molecule has 11 heteroatoms. The van der Waals surface area contributed by atoms with Gasteiger partial charge in [0.05, 0.1) is 36.4 Å². The smallest absolute Gasteiger partial charge is 0.265 e. The number of piperazine rings is 1. The zero-order valence-electron chi connectivity index (χ0n) is 20.6. The molecule has 2 atom stereocenters. The molecule has 0 bridgehead atoms. The highest BCUT2D eigenvalue weighted by Crippen LogP contribution is 2.32. The fraction of sp³-hybridized carbons (Fsp3) is 0.269. The van der Waals surface area contributed by atoms with Crippen molar-refractivity contribution in [2.24, 2.45) is 0 Å². The topological polar surface area (TPSA) is 105 Å². The predicted octanol–water partition coefficient (Wildman–Crippen LogP) is 5.13. The summed E-state index contributed by atoms with van der Waals surface area (Å²) in [6.45, 7) is 5.64. The average Bonchev–Trinajstić information content (AvgIpc) is 3.58. The lowest BCUT2D eigenvalue weighted by Crippen LogP contribution is -2.54. The first-order valence-corrected chi connectivity index (χ1v) is 12.6. The lowest BCUT2D eigenvalue weighted by Gasteiger charge is -2.36. The monoisotopic (exact) mass is 522 g/mol. The molecule has 1 aromatic carbocycles. The molecule has 3 aromatic heterocycles. The van der Waals surface area contributed by atoms with E-state index in [-0.39, 0.29) is 23.8 Å². The number of anilines is 4. The molecule has 192 valence electrons. The highest BCUT2D eigenvalue weighted by Gasteiger charge is 2.24. The van der Waals surface area contributed by atoms with E-state index in [0.717, 1.165) is 23.5 Å². The minimum atomic E-state index is -0.567. The minimum Gasteiger partial charge on any atom is -0.494 e. The molecule has 3 N–H and O–H groups in total. The summed E-state index contributed by atoms with van der Waals surface area (Å²) in [7, 11) is 1.51. The van der Waals surface area contributed by atoms with Crippen molar-refractivity contribution in [3.05, 3.63) is 65.8 Å². The molecule has 1 saturated heterocycles. The van der Waals surface area contributed by atoms with Gasteiger partial charge in [0.15, 0.2) is 11.6 Å². The van der Waals surface area contributed by atoms with E-state index < -0.39 is 5.82 Å². The largest absolute Gasteiger partial charge is 0.494 e. The Morgan fingerprint density at radius 2 is 2.03 bits per heavy atom. The van der Waals surface area contributed by atoms with Crippen LogP contribution in [0.15, 0.2) is 59.5 Å². The van der Waals surface area contributed by atoms with Crippen LogP contribution in [0.5, 0.6) is 5.75 Å². The first-order valence-electron chi connectivity index (χ1n) is 11.8. The van der Waals surface area contributed by atoms with Crippen molar-refractivity contribution in [2.45, 2.75) is 25.9 Å². The second-order valence-corrected chi connectivity index (χ2v) is 9.99. The molecular weight excluding hydrogens is 495 g/mol. The molecule has 0 spiro atoms. The maximum Gasteiger partial charge on any atom is 0.265 e. The number of halogens is 1. The third-order valence-corrected chi connectivity index (χ3v) is 7.05. The summed E-state index contributed by atoms with van der Waals surface area (Å²) in [5.41, 5.74) is 1.96. The zero-order valence-corrected chi connectivity index (χ0v) is 21.4. The van der Waals surface area contributed by atoms with Gasteiger partial charge in [-0.3, -0.25) is 4.79 Å². The van der Waals surface area contributed by atoms with Crippen molar-refractivity contribution >= 4 is 40.4 Å². The molecule has 4 heterocycles. The number of benzene rings is 1. The Hall–Kier alpha value is -3.96. The third-order valence-electron chi connectivity index (χ3n) is 5.92. The number of carbonyl (C=O) groups excluding carboxylic acids is 1. The Labute approximate surface area is 217 Å². The van der Waals surface area contributed by atoms with Crippen LogP contribution < -0.4 is 25.6 Å². The maximum absolute atomic E-state index is 14.6. The number of furan rings is 1. The number of methoxy groups -OCH3 is 1. The number of thiophene rings is 1. The van der Waals surface area contributed by atoms with E-state index in [4.69, 9.17) is 9.15 Å². The predicted molar refractivity (Wildman–Crippen MR) is 143 cm³/mol. The van der Waals surface area contributed by atoms with Gasteiger partial charge in [-0.05, 0) is 44.2 Å². The fourth-order valence-electron chi connectivity index (χ4n) is 4.30. The lowest BCUT2D eigenvalue weighted by atomic mass is 10.1. The van der Waals surface area contributed by atoms with E-state index in [1.807, 2.05) is 17.0 Å². The van der Waals surface area contributed by atoms with Gasteiger partial charge in [0.2, 0.25) is 5.95 Å². The molecule has 4 aromatic rings. The third kappa shape index (κ3) is 5.57.